The van der Waals surface area contributed by atoms with Gasteiger partial charge in [-0.2, -0.15) is 0 Å². The van der Waals surface area contributed by atoms with Gasteiger partial charge in [0, 0.05) is 13.2 Å². The van der Waals surface area contributed by atoms with E-state index < -0.39 is 6.17 Å². The van der Waals surface area contributed by atoms with Crippen LogP contribution >= 0.6 is 0 Å². The molecule has 3 heteroatoms. The molecule has 0 aromatic rings. The molecule has 66 valence electrons. The summed E-state index contributed by atoms with van der Waals surface area (Å²) in [7, 11) is 3.57. The number of ether oxygens (including phenoxy) is 1. The average Bonchev–Trinajstić information content (AvgIpc) is 2.17. The first-order valence-corrected chi connectivity index (χ1v) is 4.01. The monoisotopic (exact) mass is 161 g/mol. The van der Waals surface area contributed by atoms with Gasteiger partial charge in [-0.05, 0) is 20.4 Å². The van der Waals surface area contributed by atoms with Crippen molar-refractivity contribution in [1.29, 1.82) is 0 Å². The summed E-state index contributed by atoms with van der Waals surface area (Å²) in [5.41, 5.74) is 0. The second-order valence-corrected chi connectivity index (χ2v) is 3.29. The van der Waals surface area contributed by atoms with Crippen molar-refractivity contribution in [3.05, 3.63) is 0 Å². The van der Waals surface area contributed by atoms with Crippen molar-refractivity contribution in [2.45, 2.75) is 31.6 Å². The van der Waals surface area contributed by atoms with E-state index in [1.165, 1.54) is 0 Å². The van der Waals surface area contributed by atoms with E-state index >= 15 is 0 Å². The van der Waals surface area contributed by atoms with Crippen LogP contribution in [-0.4, -0.2) is 43.9 Å². The van der Waals surface area contributed by atoms with Gasteiger partial charge in [0.05, 0.1) is 12.6 Å². The van der Waals surface area contributed by atoms with E-state index in [1.807, 2.05) is 18.9 Å². The molecule has 0 amide bonds. The maximum Gasteiger partial charge on any atom is 0.119 e. The number of halogens is 1. The first-order chi connectivity index (χ1) is 5.16. The Labute approximate surface area is 67.3 Å². The van der Waals surface area contributed by atoms with Crippen molar-refractivity contribution in [2.24, 2.45) is 0 Å². The lowest BCUT2D eigenvalue weighted by molar-refractivity contribution is 0.0896. The maximum absolute atomic E-state index is 13.2. The molecule has 1 aliphatic rings. The largest absolute Gasteiger partial charge is 0.383 e. The summed E-state index contributed by atoms with van der Waals surface area (Å²) in [4.78, 5) is 2.05. The number of likely N-dealkylation sites (N-methyl/N-ethyl adjacent to an activating group) is 1. The minimum Gasteiger partial charge on any atom is -0.383 e. The highest BCUT2D eigenvalue weighted by Crippen LogP contribution is 2.24. The number of rotatable bonds is 2. The van der Waals surface area contributed by atoms with Crippen LogP contribution in [0.4, 0.5) is 4.39 Å². The van der Waals surface area contributed by atoms with Gasteiger partial charge in [0.15, 0.2) is 0 Å². The molecule has 2 nitrogen and oxygen atoms in total. The highest BCUT2D eigenvalue weighted by atomic mass is 19.1. The summed E-state index contributed by atoms with van der Waals surface area (Å²) >= 11 is 0. The van der Waals surface area contributed by atoms with Gasteiger partial charge in [-0.15, -0.1) is 0 Å². The van der Waals surface area contributed by atoms with Crippen LogP contribution in [-0.2, 0) is 4.74 Å². The van der Waals surface area contributed by atoms with E-state index in [0.29, 0.717) is 19.1 Å². The van der Waals surface area contributed by atoms with Gasteiger partial charge in [-0.3, -0.25) is 4.90 Å². The van der Waals surface area contributed by atoms with Gasteiger partial charge in [-0.1, -0.05) is 0 Å². The van der Waals surface area contributed by atoms with E-state index in [2.05, 4.69) is 0 Å². The van der Waals surface area contributed by atoms with Crippen LogP contribution in [0.15, 0.2) is 0 Å². The molecular formula is C8H16FNO. The third kappa shape index (κ3) is 1.71. The number of hydrogen-bond acceptors (Lipinski definition) is 2. The third-order valence-electron chi connectivity index (χ3n) is 2.54. The summed E-state index contributed by atoms with van der Waals surface area (Å²) < 4.78 is 18.1. The minimum absolute atomic E-state index is 0.0324. The van der Waals surface area contributed by atoms with Gasteiger partial charge < -0.3 is 4.74 Å². The SMILES string of the molecule is COCC1[C@@H](F)C[C@@H](C)N1C. The second kappa shape index (κ2) is 3.50. The van der Waals surface area contributed by atoms with Gasteiger partial charge in [0.25, 0.3) is 0 Å². The average molecular weight is 161 g/mol. The molecule has 0 aromatic heterocycles. The predicted molar refractivity (Wildman–Crippen MR) is 42.4 cm³/mol. The molecule has 0 radical (unpaired) electrons. The maximum atomic E-state index is 13.2. The van der Waals surface area contributed by atoms with E-state index in [0.717, 1.165) is 0 Å². The standard InChI is InChI=1S/C8H16FNO/c1-6-4-7(9)8(5-11-3)10(6)2/h6-8H,4-5H2,1-3H3/t6-,7+,8?/m1/s1. The summed E-state index contributed by atoms with van der Waals surface area (Å²) in [6.45, 7) is 2.55. The van der Waals surface area contributed by atoms with Crippen LogP contribution < -0.4 is 0 Å². The van der Waals surface area contributed by atoms with E-state index in [-0.39, 0.29) is 6.04 Å². The first kappa shape index (κ1) is 8.94. The fourth-order valence-electron chi connectivity index (χ4n) is 1.62. The fraction of sp³-hybridized carbons (Fsp3) is 1.00. The van der Waals surface area contributed by atoms with Crippen molar-refractivity contribution < 1.29 is 9.13 Å². The Balaban J connectivity index is 2.49. The molecule has 0 aromatic carbocycles. The Bertz CT molecular complexity index is 131. The molecule has 1 heterocycles. The zero-order chi connectivity index (χ0) is 8.43. The zero-order valence-corrected chi connectivity index (χ0v) is 7.38. The molecule has 0 saturated carbocycles. The van der Waals surface area contributed by atoms with Crippen molar-refractivity contribution in [1.82, 2.24) is 4.90 Å². The summed E-state index contributed by atoms with van der Waals surface area (Å²) in [6, 6.07) is 0.320. The molecule has 1 saturated heterocycles. The van der Waals surface area contributed by atoms with Crippen LogP contribution in [0.5, 0.6) is 0 Å². The minimum atomic E-state index is -0.713. The second-order valence-electron chi connectivity index (χ2n) is 3.29. The molecule has 1 rings (SSSR count). The first-order valence-electron chi connectivity index (χ1n) is 4.01. The molecule has 3 atom stereocenters. The van der Waals surface area contributed by atoms with E-state index in [9.17, 15) is 4.39 Å². The topological polar surface area (TPSA) is 12.5 Å². The lowest BCUT2D eigenvalue weighted by Gasteiger charge is -2.22. The Hall–Kier alpha value is -0.150. The molecule has 1 unspecified atom stereocenters. The number of nitrogens with zero attached hydrogens (tertiary/aromatic N) is 1. The molecular weight excluding hydrogens is 145 g/mol. The Morgan fingerprint density at radius 3 is 2.64 bits per heavy atom. The van der Waals surface area contributed by atoms with Crippen molar-refractivity contribution in [3.8, 4) is 0 Å². The van der Waals surface area contributed by atoms with E-state index in [4.69, 9.17) is 4.74 Å². The Morgan fingerprint density at radius 1 is 1.64 bits per heavy atom. The fourth-order valence-corrected chi connectivity index (χ4v) is 1.62. The third-order valence-corrected chi connectivity index (χ3v) is 2.54. The molecule has 1 aliphatic heterocycles. The molecule has 11 heavy (non-hydrogen) atoms. The molecule has 0 bridgehead atoms. The van der Waals surface area contributed by atoms with Crippen molar-refractivity contribution in [2.75, 3.05) is 20.8 Å². The number of hydrogen-bond donors (Lipinski definition) is 0. The molecule has 0 spiro atoms. The normalized spacial score (nSPS) is 39.8. The smallest absolute Gasteiger partial charge is 0.119 e. The van der Waals surface area contributed by atoms with E-state index in [1.54, 1.807) is 7.11 Å². The van der Waals surface area contributed by atoms with Crippen LogP contribution in [0, 0.1) is 0 Å². The molecule has 1 fully saturated rings. The van der Waals surface area contributed by atoms with Gasteiger partial charge in [-0.25, -0.2) is 4.39 Å². The number of likely N-dealkylation sites (tertiary alicyclic amines) is 1. The lowest BCUT2D eigenvalue weighted by atomic mass is 10.2. The van der Waals surface area contributed by atoms with Gasteiger partial charge in [0.2, 0.25) is 0 Å². The van der Waals surface area contributed by atoms with Crippen molar-refractivity contribution >= 4 is 0 Å². The summed E-state index contributed by atoms with van der Waals surface area (Å²) in [6.07, 6.45) is -0.0696. The van der Waals surface area contributed by atoms with Gasteiger partial charge >= 0.3 is 0 Å². The lowest BCUT2D eigenvalue weighted by Crippen LogP contribution is -2.36. The van der Waals surface area contributed by atoms with Crippen molar-refractivity contribution in [3.63, 3.8) is 0 Å². The Morgan fingerprint density at radius 2 is 2.27 bits per heavy atom. The summed E-state index contributed by atoms with van der Waals surface area (Å²) in [5.74, 6) is 0. The number of methoxy groups -OCH3 is 1. The van der Waals surface area contributed by atoms with Gasteiger partial charge in [0.1, 0.15) is 6.17 Å². The van der Waals surface area contributed by atoms with Crippen LogP contribution in [0.1, 0.15) is 13.3 Å². The predicted octanol–water partition coefficient (Wildman–Crippen LogP) is 1.06. The zero-order valence-electron chi connectivity index (χ0n) is 7.38. The highest BCUT2D eigenvalue weighted by molar-refractivity contribution is 4.90. The Kier molecular flexibility index (Phi) is 2.84. The summed E-state index contributed by atoms with van der Waals surface area (Å²) in [5, 5.41) is 0. The molecule has 0 N–H and O–H groups in total. The molecule has 0 aliphatic carbocycles. The number of alkyl halides is 1. The van der Waals surface area contributed by atoms with Crippen LogP contribution in [0.3, 0.4) is 0 Å². The quantitative estimate of drug-likeness (QED) is 0.600. The van der Waals surface area contributed by atoms with Crippen LogP contribution in [0.2, 0.25) is 0 Å². The highest BCUT2D eigenvalue weighted by Gasteiger charge is 2.36. The van der Waals surface area contributed by atoms with Crippen LogP contribution in [0.25, 0.3) is 0 Å².